The number of benzene rings is 1. The Morgan fingerprint density at radius 3 is 2.41 bits per heavy atom. The van der Waals surface area contributed by atoms with Gasteiger partial charge in [-0.3, -0.25) is 0 Å². The minimum absolute atomic E-state index is 0.0633. The number of nitrogens with one attached hydrogen (secondary N) is 1. The van der Waals surface area contributed by atoms with Crippen LogP contribution in [0, 0.1) is 0 Å². The highest BCUT2D eigenvalue weighted by molar-refractivity contribution is 6.30. The van der Waals surface area contributed by atoms with Crippen molar-refractivity contribution in [1.82, 2.24) is 15.0 Å². The first-order valence-electron chi connectivity index (χ1n) is 4.65. The maximum atomic E-state index is 5.78. The molecular weight excluding hydrogens is 263 g/mol. The molecule has 7 heteroatoms. The molecule has 5 nitrogen and oxygen atoms in total. The van der Waals surface area contributed by atoms with Gasteiger partial charge in [0.05, 0.1) is 7.11 Å². The van der Waals surface area contributed by atoms with Crippen molar-refractivity contribution in [3.05, 3.63) is 34.6 Å². The van der Waals surface area contributed by atoms with E-state index in [1.54, 1.807) is 24.3 Å². The van der Waals surface area contributed by atoms with Crippen LogP contribution in [-0.4, -0.2) is 22.1 Å². The van der Waals surface area contributed by atoms with Crippen LogP contribution < -0.4 is 10.1 Å². The molecule has 0 saturated carbocycles. The fraction of sp³-hybridized carbons (Fsp3) is 0.100. The van der Waals surface area contributed by atoms with Crippen molar-refractivity contribution in [3.63, 3.8) is 0 Å². The van der Waals surface area contributed by atoms with Gasteiger partial charge < -0.3 is 10.1 Å². The van der Waals surface area contributed by atoms with Gasteiger partial charge in [0.2, 0.25) is 11.2 Å². The van der Waals surface area contributed by atoms with Crippen LogP contribution >= 0.6 is 23.2 Å². The lowest BCUT2D eigenvalue weighted by atomic mass is 10.3. The molecule has 2 aromatic rings. The fourth-order valence-corrected chi connectivity index (χ4v) is 1.42. The number of rotatable bonds is 3. The summed E-state index contributed by atoms with van der Waals surface area (Å²) in [6.07, 6.45) is 0. The Morgan fingerprint density at radius 1 is 1.06 bits per heavy atom. The number of aromatic nitrogens is 3. The number of hydrogen-bond acceptors (Lipinski definition) is 5. The maximum absolute atomic E-state index is 5.78. The smallest absolute Gasteiger partial charge is 0.322 e. The molecule has 0 bridgehead atoms. The van der Waals surface area contributed by atoms with E-state index in [0.717, 1.165) is 5.69 Å². The predicted molar refractivity (Wildman–Crippen MR) is 66.1 cm³/mol. The van der Waals surface area contributed by atoms with E-state index in [0.29, 0.717) is 11.0 Å². The van der Waals surface area contributed by atoms with E-state index in [-0.39, 0.29) is 11.3 Å². The third kappa shape index (κ3) is 3.18. The summed E-state index contributed by atoms with van der Waals surface area (Å²) in [7, 11) is 1.46. The largest absolute Gasteiger partial charge is 0.467 e. The van der Waals surface area contributed by atoms with Gasteiger partial charge in [0, 0.05) is 10.7 Å². The summed E-state index contributed by atoms with van der Waals surface area (Å²) in [5, 5.41) is 3.68. The second-order valence-corrected chi connectivity index (χ2v) is 3.82. The van der Waals surface area contributed by atoms with E-state index in [1.165, 1.54) is 7.11 Å². The zero-order valence-electron chi connectivity index (χ0n) is 8.82. The fourth-order valence-electron chi connectivity index (χ4n) is 1.14. The SMILES string of the molecule is COc1nc(Cl)nc(Nc2ccc(Cl)cc2)n1. The summed E-state index contributed by atoms with van der Waals surface area (Å²) in [4.78, 5) is 11.7. The first-order chi connectivity index (χ1) is 8.17. The van der Waals surface area contributed by atoms with Crippen LogP contribution in [-0.2, 0) is 0 Å². The number of hydrogen-bond donors (Lipinski definition) is 1. The van der Waals surface area contributed by atoms with Crippen molar-refractivity contribution in [2.24, 2.45) is 0 Å². The monoisotopic (exact) mass is 270 g/mol. The molecule has 0 atom stereocenters. The number of halogens is 2. The maximum Gasteiger partial charge on any atom is 0.322 e. The van der Waals surface area contributed by atoms with E-state index in [9.17, 15) is 0 Å². The molecule has 1 heterocycles. The zero-order chi connectivity index (χ0) is 12.3. The molecule has 0 radical (unpaired) electrons. The molecule has 0 aliphatic heterocycles. The Bertz CT molecular complexity index is 518. The van der Waals surface area contributed by atoms with Gasteiger partial charge in [0.15, 0.2) is 0 Å². The Hall–Kier alpha value is -1.59. The molecule has 1 aromatic carbocycles. The summed E-state index contributed by atoms with van der Waals surface area (Å²) in [6.45, 7) is 0. The van der Waals surface area contributed by atoms with Crippen LogP contribution in [0.2, 0.25) is 10.3 Å². The van der Waals surface area contributed by atoms with E-state index < -0.39 is 0 Å². The van der Waals surface area contributed by atoms with E-state index >= 15 is 0 Å². The number of methoxy groups -OCH3 is 1. The first kappa shape index (κ1) is 11.9. The van der Waals surface area contributed by atoms with Gasteiger partial charge in [-0.25, -0.2) is 0 Å². The van der Waals surface area contributed by atoms with Crippen molar-refractivity contribution < 1.29 is 4.74 Å². The standard InChI is InChI=1S/C10H8Cl2N4O/c1-17-10-15-8(12)14-9(16-10)13-7-4-2-6(11)3-5-7/h2-5H,1H3,(H,13,14,15,16). The summed E-state index contributed by atoms with van der Waals surface area (Å²) in [6, 6.07) is 7.26. The van der Waals surface area contributed by atoms with Gasteiger partial charge in [-0.15, -0.1) is 0 Å². The molecule has 1 aromatic heterocycles. The predicted octanol–water partition coefficient (Wildman–Crippen LogP) is 2.93. The van der Waals surface area contributed by atoms with E-state index in [2.05, 4.69) is 20.3 Å². The van der Waals surface area contributed by atoms with Crippen molar-refractivity contribution in [2.75, 3.05) is 12.4 Å². The summed E-state index contributed by atoms with van der Waals surface area (Å²) < 4.78 is 4.88. The third-order valence-corrected chi connectivity index (χ3v) is 2.29. The molecule has 88 valence electrons. The average Bonchev–Trinajstić information content (AvgIpc) is 2.31. The molecule has 0 aliphatic rings. The van der Waals surface area contributed by atoms with Crippen LogP contribution in [0.4, 0.5) is 11.6 Å². The lowest BCUT2D eigenvalue weighted by Crippen LogP contribution is -2.01. The molecule has 2 rings (SSSR count). The Labute approximate surface area is 108 Å². The summed E-state index contributed by atoms with van der Waals surface area (Å²) in [5.41, 5.74) is 0.790. The summed E-state index contributed by atoms with van der Waals surface area (Å²) >= 11 is 11.5. The molecule has 0 amide bonds. The lowest BCUT2D eigenvalue weighted by molar-refractivity contribution is 0.379. The molecule has 0 saturated heterocycles. The van der Waals surface area contributed by atoms with Crippen LogP contribution in [0.3, 0.4) is 0 Å². The van der Waals surface area contributed by atoms with E-state index in [1.807, 2.05) is 0 Å². The van der Waals surface area contributed by atoms with E-state index in [4.69, 9.17) is 27.9 Å². The van der Waals surface area contributed by atoms with Crippen molar-refractivity contribution in [2.45, 2.75) is 0 Å². The average molecular weight is 271 g/mol. The van der Waals surface area contributed by atoms with Gasteiger partial charge >= 0.3 is 6.01 Å². The van der Waals surface area contributed by atoms with Crippen LogP contribution in [0.1, 0.15) is 0 Å². The van der Waals surface area contributed by atoms with Gasteiger partial charge in [-0.05, 0) is 35.9 Å². The van der Waals surface area contributed by atoms with Gasteiger partial charge in [0.1, 0.15) is 0 Å². The normalized spacial score (nSPS) is 10.1. The summed E-state index contributed by atoms with van der Waals surface area (Å²) in [5.74, 6) is 0.309. The molecule has 0 unspecified atom stereocenters. The minimum atomic E-state index is 0.0633. The molecule has 0 fully saturated rings. The number of ether oxygens (including phenoxy) is 1. The topological polar surface area (TPSA) is 59.9 Å². The molecule has 0 spiro atoms. The van der Waals surface area contributed by atoms with Crippen molar-refractivity contribution >= 4 is 34.8 Å². The van der Waals surface area contributed by atoms with Crippen molar-refractivity contribution in [3.8, 4) is 6.01 Å². The van der Waals surface area contributed by atoms with Crippen LogP contribution in [0.25, 0.3) is 0 Å². The third-order valence-electron chi connectivity index (χ3n) is 1.87. The van der Waals surface area contributed by atoms with Gasteiger partial charge in [-0.1, -0.05) is 11.6 Å². The van der Waals surface area contributed by atoms with Crippen molar-refractivity contribution in [1.29, 1.82) is 0 Å². The molecule has 0 aliphatic carbocycles. The lowest BCUT2D eigenvalue weighted by Gasteiger charge is -2.05. The Balaban J connectivity index is 2.23. The Kier molecular flexibility index (Phi) is 3.61. The zero-order valence-corrected chi connectivity index (χ0v) is 10.3. The van der Waals surface area contributed by atoms with Crippen LogP contribution in [0.5, 0.6) is 6.01 Å². The molecular formula is C10H8Cl2N4O. The molecule has 17 heavy (non-hydrogen) atoms. The van der Waals surface area contributed by atoms with Gasteiger partial charge in [0.25, 0.3) is 0 Å². The van der Waals surface area contributed by atoms with Gasteiger partial charge in [-0.2, -0.15) is 15.0 Å². The minimum Gasteiger partial charge on any atom is -0.467 e. The highest BCUT2D eigenvalue weighted by Crippen LogP contribution is 2.18. The quantitative estimate of drug-likeness (QED) is 0.929. The highest BCUT2D eigenvalue weighted by Gasteiger charge is 2.05. The highest BCUT2D eigenvalue weighted by atomic mass is 35.5. The molecule has 1 N–H and O–H groups in total. The van der Waals surface area contributed by atoms with Crippen LogP contribution in [0.15, 0.2) is 24.3 Å². The number of anilines is 2. The first-order valence-corrected chi connectivity index (χ1v) is 5.41. The second kappa shape index (κ2) is 5.16. The number of nitrogens with zero attached hydrogens (tertiary/aromatic N) is 3. The Morgan fingerprint density at radius 2 is 1.76 bits per heavy atom. The second-order valence-electron chi connectivity index (χ2n) is 3.05.